The van der Waals surface area contributed by atoms with Crippen molar-refractivity contribution in [2.24, 2.45) is 11.6 Å². The van der Waals surface area contributed by atoms with Crippen LogP contribution in [-0.2, 0) is 0 Å². The molecule has 1 rings (SSSR count). The smallest absolute Gasteiger partial charge is 0.236 e. The van der Waals surface area contributed by atoms with E-state index >= 15 is 0 Å². The van der Waals surface area contributed by atoms with Crippen molar-refractivity contribution in [2.45, 2.75) is 0 Å². The average molecular weight is 213 g/mol. The summed E-state index contributed by atoms with van der Waals surface area (Å²) in [6.07, 6.45) is 1.38. The molecule has 0 radical (unpaired) electrons. The van der Waals surface area contributed by atoms with E-state index in [2.05, 4.69) is 14.9 Å². The Balaban J connectivity index is 2.83. The van der Waals surface area contributed by atoms with E-state index in [1.165, 1.54) is 11.2 Å². The Labute approximate surface area is 87.2 Å². The molecule has 1 aromatic heterocycles. The van der Waals surface area contributed by atoms with Crippen molar-refractivity contribution < 1.29 is 4.63 Å². The second-order valence-electron chi connectivity index (χ2n) is 3.24. The van der Waals surface area contributed by atoms with Crippen LogP contribution in [0.1, 0.15) is 0 Å². The van der Waals surface area contributed by atoms with Crippen molar-refractivity contribution in [3.05, 3.63) is 11.9 Å². The Kier molecular flexibility index (Phi) is 3.47. The summed E-state index contributed by atoms with van der Waals surface area (Å²) in [7, 11) is 3.78. The minimum absolute atomic E-state index is 0.121. The van der Waals surface area contributed by atoms with Crippen LogP contribution in [0.2, 0.25) is 0 Å². The first-order valence-corrected chi connectivity index (χ1v) is 4.24. The molecule has 0 aliphatic rings. The summed E-state index contributed by atoms with van der Waals surface area (Å²) in [5, 5.41) is 8.23. The van der Waals surface area contributed by atoms with Crippen LogP contribution in [0.4, 0.5) is 11.6 Å². The molecule has 0 saturated carbocycles. The van der Waals surface area contributed by atoms with E-state index < -0.39 is 0 Å². The minimum atomic E-state index is 0.121. The Morgan fingerprint density at radius 1 is 1.47 bits per heavy atom. The topological polar surface area (TPSA) is 123 Å². The van der Waals surface area contributed by atoms with Crippen LogP contribution in [0.25, 0.3) is 0 Å². The van der Waals surface area contributed by atoms with Crippen LogP contribution in [0.15, 0.2) is 16.5 Å². The number of hydrogen-bond acceptors (Lipinski definition) is 8. The van der Waals surface area contributed by atoms with Crippen LogP contribution < -0.4 is 22.3 Å². The molecule has 6 N–H and O–H groups in total. The third-order valence-electron chi connectivity index (χ3n) is 1.70. The Hall–Kier alpha value is -1.80. The lowest BCUT2D eigenvalue weighted by molar-refractivity contribution is 0.309. The Bertz CT molecular complexity index is 345. The van der Waals surface area contributed by atoms with Crippen LogP contribution in [-0.4, -0.2) is 35.9 Å². The maximum atomic E-state index is 5.76. The van der Waals surface area contributed by atoms with Gasteiger partial charge in [0.05, 0.1) is 5.70 Å². The zero-order valence-electron chi connectivity index (χ0n) is 8.71. The Morgan fingerprint density at radius 3 is 2.53 bits per heavy atom. The summed E-state index contributed by atoms with van der Waals surface area (Å²) in [5.41, 5.74) is 11.6. The number of nitrogen functional groups attached to an aromatic ring is 1. The monoisotopic (exact) mass is 213 g/mol. The lowest BCUT2D eigenvalue weighted by Crippen LogP contribution is -2.36. The molecule has 0 atom stereocenters. The predicted molar refractivity (Wildman–Crippen MR) is 56.2 cm³/mol. The van der Waals surface area contributed by atoms with Crippen LogP contribution in [0.3, 0.4) is 0 Å². The van der Waals surface area contributed by atoms with E-state index in [0.29, 0.717) is 12.2 Å². The first-order valence-electron chi connectivity index (χ1n) is 4.24. The van der Waals surface area contributed by atoms with Gasteiger partial charge in [0.1, 0.15) is 0 Å². The molecular formula is C7H15N7O. The van der Waals surface area contributed by atoms with E-state index in [-0.39, 0.29) is 11.6 Å². The maximum absolute atomic E-state index is 5.76. The van der Waals surface area contributed by atoms with Crippen LogP contribution in [0.5, 0.6) is 0 Å². The van der Waals surface area contributed by atoms with Crippen LogP contribution in [0, 0.1) is 0 Å². The number of hydrogen-bond donors (Lipinski definition) is 3. The lowest BCUT2D eigenvalue weighted by Gasteiger charge is -2.21. The van der Waals surface area contributed by atoms with E-state index in [1.54, 1.807) is 0 Å². The molecule has 0 aliphatic heterocycles. The van der Waals surface area contributed by atoms with Gasteiger partial charge < -0.3 is 16.4 Å². The highest BCUT2D eigenvalue weighted by Crippen LogP contribution is 2.18. The molecule has 0 saturated heterocycles. The van der Waals surface area contributed by atoms with Gasteiger partial charge in [0.2, 0.25) is 11.6 Å². The number of hydrazine groups is 1. The van der Waals surface area contributed by atoms with Crippen molar-refractivity contribution in [1.29, 1.82) is 0 Å². The number of anilines is 2. The van der Waals surface area contributed by atoms with Gasteiger partial charge in [-0.3, -0.25) is 5.01 Å². The molecule has 0 bridgehead atoms. The predicted octanol–water partition coefficient (Wildman–Crippen LogP) is -1.31. The first-order chi connectivity index (χ1) is 7.06. The fraction of sp³-hybridized carbons (Fsp3) is 0.429. The molecule has 8 heteroatoms. The summed E-state index contributed by atoms with van der Waals surface area (Å²) in [6.45, 7) is 0.555. The van der Waals surface area contributed by atoms with Gasteiger partial charge in [-0.1, -0.05) is 0 Å². The number of rotatable bonds is 4. The highest BCUT2D eigenvalue weighted by atomic mass is 16.6. The molecule has 1 heterocycles. The minimum Gasteiger partial charge on any atom is -0.403 e. The fourth-order valence-electron chi connectivity index (χ4n) is 1.03. The van der Waals surface area contributed by atoms with Crippen molar-refractivity contribution in [3.8, 4) is 0 Å². The third-order valence-corrected chi connectivity index (χ3v) is 1.70. The fourth-order valence-corrected chi connectivity index (χ4v) is 1.03. The van der Waals surface area contributed by atoms with Gasteiger partial charge in [-0.2, -0.15) is 0 Å². The quantitative estimate of drug-likeness (QED) is 0.416. The second-order valence-corrected chi connectivity index (χ2v) is 3.24. The molecule has 0 amide bonds. The summed E-state index contributed by atoms with van der Waals surface area (Å²) in [4.78, 5) is 1.91. The molecule has 0 fully saturated rings. The van der Waals surface area contributed by atoms with Gasteiger partial charge in [-0.25, -0.2) is 10.5 Å². The normalized spacial score (nSPS) is 12.1. The van der Waals surface area contributed by atoms with Crippen molar-refractivity contribution >= 4 is 11.6 Å². The molecule has 0 unspecified atom stereocenters. The molecular weight excluding hydrogens is 198 g/mol. The molecule has 8 nitrogen and oxygen atoms in total. The molecule has 0 aromatic carbocycles. The number of nitrogens with zero attached hydrogens (tertiary/aromatic N) is 4. The van der Waals surface area contributed by atoms with Crippen molar-refractivity contribution in [1.82, 2.24) is 15.2 Å². The zero-order chi connectivity index (χ0) is 11.4. The van der Waals surface area contributed by atoms with Gasteiger partial charge in [-0.15, -0.1) is 0 Å². The zero-order valence-corrected chi connectivity index (χ0v) is 8.71. The lowest BCUT2D eigenvalue weighted by atomic mass is 10.4. The first kappa shape index (κ1) is 11.3. The van der Waals surface area contributed by atoms with Gasteiger partial charge in [-0.05, 0) is 24.4 Å². The van der Waals surface area contributed by atoms with Gasteiger partial charge in [0, 0.05) is 12.7 Å². The molecule has 0 spiro atoms. The molecule has 15 heavy (non-hydrogen) atoms. The number of nitrogens with two attached hydrogens (primary N) is 3. The highest BCUT2D eigenvalue weighted by molar-refractivity contribution is 5.58. The van der Waals surface area contributed by atoms with Gasteiger partial charge >= 0.3 is 0 Å². The van der Waals surface area contributed by atoms with E-state index in [0.717, 1.165) is 0 Å². The number of aromatic nitrogens is 2. The Morgan fingerprint density at radius 2 is 2.13 bits per heavy atom. The average Bonchev–Trinajstić information content (AvgIpc) is 2.59. The third kappa shape index (κ3) is 2.58. The molecule has 0 aliphatic carbocycles. The van der Waals surface area contributed by atoms with E-state index in [4.69, 9.17) is 17.3 Å². The largest absolute Gasteiger partial charge is 0.403 e. The molecule has 1 aromatic rings. The van der Waals surface area contributed by atoms with E-state index in [9.17, 15) is 0 Å². The van der Waals surface area contributed by atoms with Crippen LogP contribution >= 0.6 is 0 Å². The van der Waals surface area contributed by atoms with Crippen molar-refractivity contribution in [3.63, 3.8) is 0 Å². The molecule has 84 valence electrons. The summed E-state index contributed by atoms with van der Waals surface area (Å²) >= 11 is 0. The number of likely N-dealkylation sites (N-methyl/N-ethyl adjacent to an activating group) is 1. The SMILES string of the molecule is CN(C)C/C(=C/N)N(N)c1nonc1N. The van der Waals surface area contributed by atoms with Gasteiger partial charge in [0.15, 0.2) is 0 Å². The maximum Gasteiger partial charge on any atom is 0.236 e. The van der Waals surface area contributed by atoms with E-state index in [1.807, 2.05) is 19.0 Å². The van der Waals surface area contributed by atoms with Gasteiger partial charge in [0.25, 0.3) is 0 Å². The summed E-state index contributed by atoms with van der Waals surface area (Å²) in [6, 6.07) is 0. The second kappa shape index (κ2) is 4.62. The standard InChI is InChI=1S/C7H15N7O/c1-13(2)4-5(3-8)14(10)7-6(9)11-15-12-7/h3H,4,8,10H2,1-2H3,(H2,9,11)/b5-3-. The summed E-state index contributed by atoms with van der Waals surface area (Å²) < 4.78 is 4.44. The highest BCUT2D eigenvalue weighted by Gasteiger charge is 2.16. The summed E-state index contributed by atoms with van der Waals surface area (Å²) in [5.74, 6) is 6.12. The van der Waals surface area contributed by atoms with Crippen molar-refractivity contribution in [2.75, 3.05) is 31.4 Å².